The largest absolute Gasteiger partial charge is 0.367 e. The molecule has 0 amide bonds. The number of anilines is 1. The summed E-state index contributed by atoms with van der Waals surface area (Å²) in [6, 6.07) is 0. The molecule has 1 aromatic heterocycles. The first-order valence-corrected chi connectivity index (χ1v) is 4.60. The van der Waals surface area contributed by atoms with E-state index in [1.807, 2.05) is 0 Å². The van der Waals surface area contributed by atoms with Crippen molar-refractivity contribution in [2.45, 2.75) is 32.6 Å². The van der Waals surface area contributed by atoms with Crippen LogP contribution >= 0.6 is 11.5 Å². The van der Waals surface area contributed by atoms with Gasteiger partial charge in [0.2, 0.25) is 5.95 Å². The van der Waals surface area contributed by atoms with Crippen LogP contribution in [0.15, 0.2) is 0 Å². The van der Waals surface area contributed by atoms with Gasteiger partial charge in [0.15, 0.2) is 0 Å². The van der Waals surface area contributed by atoms with Crippen LogP contribution in [0.1, 0.15) is 37.6 Å². The molecule has 0 fully saturated rings. The Kier molecular flexibility index (Phi) is 2.82. The molecule has 0 aromatic carbocycles. The Morgan fingerprint density at radius 3 is 2.82 bits per heavy atom. The van der Waals surface area contributed by atoms with E-state index in [0.29, 0.717) is 11.9 Å². The summed E-state index contributed by atoms with van der Waals surface area (Å²) in [5.41, 5.74) is 5.40. The number of aromatic nitrogens is 2. The standard InChI is InChI=1S/C7H13N3S/c1-3-4-5(2)6-9-7(8)10-11-6/h5H,3-4H2,1-2H3,(H2,8,10). The Bertz CT molecular complexity index is 221. The topological polar surface area (TPSA) is 51.8 Å². The molecule has 4 heteroatoms. The number of nitrogens with zero attached hydrogens (tertiary/aromatic N) is 2. The first-order chi connectivity index (χ1) is 5.24. The van der Waals surface area contributed by atoms with Crippen molar-refractivity contribution < 1.29 is 0 Å². The molecular formula is C7H13N3S. The van der Waals surface area contributed by atoms with Crippen LogP contribution < -0.4 is 5.73 Å². The third-order valence-corrected chi connectivity index (χ3v) is 2.56. The van der Waals surface area contributed by atoms with E-state index in [1.165, 1.54) is 18.0 Å². The van der Waals surface area contributed by atoms with Crippen molar-refractivity contribution in [2.24, 2.45) is 0 Å². The van der Waals surface area contributed by atoms with E-state index in [0.717, 1.165) is 11.4 Å². The average Bonchev–Trinajstić information content (AvgIpc) is 2.36. The Labute approximate surface area is 70.8 Å². The second-order valence-electron chi connectivity index (χ2n) is 2.68. The van der Waals surface area contributed by atoms with Crippen molar-refractivity contribution >= 4 is 17.5 Å². The highest BCUT2D eigenvalue weighted by Gasteiger charge is 2.08. The second-order valence-corrected chi connectivity index (χ2v) is 3.46. The maximum Gasteiger partial charge on any atom is 0.232 e. The average molecular weight is 171 g/mol. The lowest BCUT2D eigenvalue weighted by molar-refractivity contribution is 0.661. The van der Waals surface area contributed by atoms with Gasteiger partial charge < -0.3 is 5.73 Å². The molecule has 0 aliphatic carbocycles. The lowest BCUT2D eigenvalue weighted by atomic mass is 10.1. The predicted octanol–water partition coefficient (Wildman–Crippen LogP) is 2.02. The minimum absolute atomic E-state index is 0.410. The molecule has 1 heterocycles. The summed E-state index contributed by atoms with van der Waals surface area (Å²) < 4.78 is 3.93. The zero-order valence-electron chi connectivity index (χ0n) is 6.87. The van der Waals surface area contributed by atoms with E-state index in [4.69, 9.17) is 5.73 Å². The maximum absolute atomic E-state index is 5.40. The Balaban J connectivity index is 2.60. The van der Waals surface area contributed by atoms with E-state index < -0.39 is 0 Å². The van der Waals surface area contributed by atoms with Crippen LogP contribution in [0.5, 0.6) is 0 Å². The number of nitrogens with two attached hydrogens (primary N) is 1. The van der Waals surface area contributed by atoms with Crippen LogP contribution in [0, 0.1) is 0 Å². The van der Waals surface area contributed by atoms with E-state index >= 15 is 0 Å². The molecule has 0 aliphatic rings. The van der Waals surface area contributed by atoms with E-state index in [2.05, 4.69) is 23.2 Å². The zero-order valence-corrected chi connectivity index (χ0v) is 7.69. The fourth-order valence-electron chi connectivity index (χ4n) is 1.00. The van der Waals surface area contributed by atoms with Gasteiger partial charge in [-0.25, -0.2) is 4.98 Å². The third-order valence-electron chi connectivity index (χ3n) is 1.60. The Morgan fingerprint density at radius 1 is 1.64 bits per heavy atom. The Hall–Kier alpha value is -0.640. The van der Waals surface area contributed by atoms with Crippen molar-refractivity contribution in [1.82, 2.24) is 9.36 Å². The van der Waals surface area contributed by atoms with Crippen LogP contribution in [0.4, 0.5) is 5.95 Å². The molecule has 1 atom stereocenters. The van der Waals surface area contributed by atoms with Gasteiger partial charge in [0, 0.05) is 5.92 Å². The van der Waals surface area contributed by atoms with Gasteiger partial charge in [-0.3, -0.25) is 0 Å². The normalized spacial score (nSPS) is 13.3. The zero-order chi connectivity index (χ0) is 8.27. The summed E-state index contributed by atoms with van der Waals surface area (Å²) in [6.45, 7) is 4.32. The number of hydrogen-bond acceptors (Lipinski definition) is 4. The number of nitrogen functional groups attached to an aromatic ring is 1. The summed E-state index contributed by atoms with van der Waals surface area (Å²) in [6.07, 6.45) is 2.34. The van der Waals surface area contributed by atoms with Crippen LogP contribution in [0.2, 0.25) is 0 Å². The lowest BCUT2D eigenvalue weighted by Gasteiger charge is -2.02. The van der Waals surface area contributed by atoms with Gasteiger partial charge >= 0.3 is 0 Å². The fraction of sp³-hybridized carbons (Fsp3) is 0.714. The van der Waals surface area contributed by atoms with Gasteiger partial charge in [-0.2, -0.15) is 4.37 Å². The lowest BCUT2D eigenvalue weighted by Crippen LogP contribution is -1.93. The molecule has 1 rings (SSSR count). The molecule has 0 saturated carbocycles. The van der Waals surface area contributed by atoms with Crippen LogP contribution in [-0.4, -0.2) is 9.36 Å². The van der Waals surface area contributed by atoms with Gasteiger partial charge in [-0.05, 0) is 18.0 Å². The van der Waals surface area contributed by atoms with Crippen LogP contribution in [0.25, 0.3) is 0 Å². The molecule has 2 N–H and O–H groups in total. The molecule has 3 nitrogen and oxygen atoms in total. The smallest absolute Gasteiger partial charge is 0.232 e. The van der Waals surface area contributed by atoms with Crippen molar-refractivity contribution in [3.8, 4) is 0 Å². The van der Waals surface area contributed by atoms with Gasteiger partial charge in [-0.1, -0.05) is 20.3 Å². The van der Waals surface area contributed by atoms with Crippen molar-refractivity contribution in [1.29, 1.82) is 0 Å². The predicted molar refractivity (Wildman–Crippen MR) is 47.6 cm³/mol. The van der Waals surface area contributed by atoms with Crippen LogP contribution in [0.3, 0.4) is 0 Å². The third kappa shape index (κ3) is 2.15. The summed E-state index contributed by atoms with van der Waals surface area (Å²) in [5, 5.41) is 1.06. The van der Waals surface area contributed by atoms with Crippen molar-refractivity contribution in [2.75, 3.05) is 5.73 Å². The highest BCUT2D eigenvalue weighted by molar-refractivity contribution is 7.05. The monoisotopic (exact) mass is 171 g/mol. The molecule has 0 bridgehead atoms. The second kappa shape index (κ2) is 3.67. The van der Waals surface area contributed by atoms with Crippen molar-refractivity contribution in [3.63, 3.8) is 0 Å². The molecule has 1 aromatic rings. The molecule has 0 radical (unpaired) electrons. The molecule has 11 heavy (non-hydrogen) atoms. The van der Waals surface area contributed by atoms with Crippen molar-refractivity contribution in [3.05, 3.63) is 5.01 Å². The van der Waals surface area contributed by atoms with Gasteiger partial charge in [-0.15, -0.1) is 0 Å². The Morgan fingerprint density at radius 2 is 2.36 bits per heavy atom. The minimum Gasteiger partial charge on any atom is -0.367 e. The fourth-order valence-corrected chi connectivity index (χ4v) is 1.66. The maximum atomic E-state index is 5.40. The number of hydrogen-bond donors (Lipinski definition) is 1. The van der Waals surface area contributed by atoms with E-state index in [9.17, 15) is 0 Å². The quantitative estimate of drug-likeness (QED) is 0.757. The molecule has 0 spiro atoms. The summed E-state index contributed by atoms with van der Waals surface area (Å²) >= 11 is 1.41. The van der Waals surface area contributed by atoms with E-state index in [1.54, 1.807) is 0 Å². The highest BCUT2D eigenvalue weighted by atomic mass is 32.1. The molecule has 62 valence electrons. The van der Waals surface area contributed by atoms with Gasteiger partial charge in [0.05, 0.1) is 0 Å². The molecule has 1 unspecified atom stereocenters. The van der Waals surface area contributed by atoms with Gasteiger partial charge in [0.1, 0.15) is 5.01 Å². The minimum atomic E-state index is 0.410. The first-order valence-electron chi connectivity index (χ1n) is 3.83. The summed E-state index contributed by atoms with van der Waals surface area (Å²) in [4.78, 5) is 4.11. The first kappa shape index (κ1) is 8.46. The van der Waals surface area contributed by atoms with E-state index in [-0.39, 0.29) is 0 Å². The molecule has 0 saturated heterocycles. The molecule has 0 aliphatic heterocycles. The SMILES string of the molecule is CCCC(C)c1nc(N)ns1. The molecular weight excluding hydrogens is 158 g/mol. The summed E-state index contributed by atoms with van der Waals surface area (Å²) in [7, 11) is 0. The van der Waals surface area contributed by atoms with Gasteiger partial charge in [0.25, 0.3) is 0 Å². The summed E-state index contributed by atoms with van der Waals surface area (Å²) in [5.74, 6) is 0.919. The number of rotatable bonds is 3. The van der Waals surface area contributed by atoms with Crippen LogP contribution in [-0.2, 0) is 0 Å². The highest BCUT2D eigenvalue weighted by Crippen LogP contribution is 2.22.